The summed E-state index contributed by atoms with van der Waals surface area (Å²) in [5, 5.41) is 0. The Morgan fingerprint density at radius 3 is 2.23 bits per heavy atom. The minimum atomic E-state index is -0.182. The molecule has 13 heavy (non-hydrogen) atoms. The average Bonchev–Trinajstić information content (AvgIpc) is 2.07. The van der Waals surface area contributed by atoms with Gasteiger partial charge in [0.05, 0.1) is 13.2 Å². The summed E-state index contributed by atoms with van der Waals surface area (Å²) in [6, 6.07) is 0. The van der Waals surface area contributed by atoms with Crippen LogP contribution in [-0.2, 0) is 19.1 Å². The van der Waals surface area contributed by atoms with E-state index in [1.165, 1.54) is 6.92 Å². The molecule has 0 saturated heterocycles. The van der Waals surface area contributed by atoms with Crippen molar-refractivity contribution in [1.29, 1.82) is 0 Å². The average molecular weight is 190 g/mol. The maximum Gasteiger partial charge on any atom is 0.302 e. The maximum atomic E-state index is 10.1. The molecule has 4 nitrogen and oxygen atoms in total. The molecule has 0 atom stereocenters. The van der Waals surface area contributed by atoms with Gasteiger partial charge in [0.2, 0.25) is 0 Å². The second-order valence-corrected chi connectivity index (χ2v) is 2.25. The van der Waals surface area contributed by atoms with Gasteiger partial charge in [0, 0.05) is 6.92 Å². The van der Waals surface area contributed by atoms with Crippen molar-refractivity contribution >= 4 is 12.4 Å². The fourth-order valence-electron chi connectivity index (χ4n) is 0.428. The zero-order chi connectivity index (χ0) is 10.5. The molecule has 0 aromatic carbocycles. The van der Waals surface area contributed by atoms with Crippen LogP contribution in [0.25, 0.3) is 0 Å². The molecule has 0 radical (unpaired) electrons. The van der Waals surface area contributed by atoms with Crippen molar-refractivity contribution in [2.75, 3.05) is 13.2 Å². The normalized spacial score (nSPS) is 7.92. The third-order valence-corrected chi connectivity index (χ3v) is 1.04. The van der Waals surface area contributed by atoms with Crippen LogP contribution in [0.4, 0.5) is 0 Å². The van der Waals surface area contributed by atoms with Crippen molar-refractivity contribution < 1.29 is 19.1 Å². The van der Waals surface area contributed by atoms with Gasteiger partial charge < -0.3 is 9.47 Å². The van der Waals surface area contributed by atoms with Crippen LogP contribution in [0.1, 0.15) is 33.6 Å². The highest BCUT2D eigenvalue weighted by molar-refractivity contribution is 5.65. The Labute approximate surface area is 79.2 Å². The quantitative estimate of drug-likeness (QED) is 0.375. The van der Waals surface area contributed by atoms with Gasteiger partial charge in [0.25, 0.3) is 6.47 Å². The van der Waals surface area contributed by atoms with E-state index in [1.54, 1.807) is 6.92 Å². The van der Waals surface area contributed by atoms with Gasteiger partial charge in [-0.05, 0) is 13.3 Å². The molecule has 0 heterocycles. The smallest absolute Gasteiger partial charge is 0.302 e. The molecule has 0 aromatic rings. The highest BCUT2D eigenvalue weighted by atomic mass is 16.5. The summed E-state index contributed by atoms with van der Waals surface area (Å²) in [6.45, 7) is 6.73. The Morgan fingerprint density at radius 1 is 1.38 bits per heavy atom. The van der Waals surface area contributed by atoms with Crippen molar-refractivity contribution in [3.8, 4) is 0 Å². The zero-order valence-electron chi connectivity index (χ0n) is 8.54. The molecule has 0 fully saturated rings. The summed E-state index contributed by atoms with van der Waals surface area (Å²) in [5.74, 6) is -0.182. The number of unbranched alkanes of at least 4 members (excludes halogenated alkanes) is 1. The second kappa shape index (κ2) is 13.5. The topological polar surface area (TPSA) is 52.6 Å². The van der Waals surface area contributed by atoms with E-state index in [2.05, 4.69) is 16.4 Å². The van der Waals surface area contributed by atoms with Crippen LogP contribution in [-0.4, -0.2) is 25.7 Å². The Hall–Kier alpha value is -1.06. The van der Waals surface area contributed by atoms with E-state index in [4.69, 9.17) is 0 Å². The van der Waals surface area contributed by atoms with Gasteiger partial charge >= 0.3 is 5.97 Å². The summed E-state index contributed by atoms with van der Waals surface area (Å²) in [7, 11) is 0. The van der Waals surface area contributed by atoms with Crippen LogP contribution >= 0.6 is 0 Å². The Bertz CT molecular complexity index is 123. The molecule has 0 rings (SSSR count). The Morgan fingerprint density at radius 2 is 2.00 bits per heavy atom. The summed E-state index contributed by atoms with van der Waals surface area (Å²) in [4.78, 5) is 19.3. The van der Waals surface area contributed by atoms with E-state index in [0.29, 0.717) is 19.7 Å². The Kier molecular flexibility index (Phi) is 15.0. The number of hydrogen-bond acceptors (Lipinski definition) is 4. The van der Waals surface area contributed by atoms with Crippen molar-refractivity contribution in [1.82, 2.24) is 0 Å². The van der Waals surface area contributed by atoms with Crippen molar-refractivity contribution in [2.24, 2.45) is 0 Å². The highest BCUT2D eigenvalue weighted by Gasteiger charge is 1.88. The van der Waals surface area contributed by atoms with Gasteiger partial charge in [-0.3, -0.25) is 9.59 Å². The molecule has 0 aliphatic carbocycles. The standard InChI is InChI=1S/C6H12O2.C3H6O2/c1-3-4-5-8-6(2)7;1-2-5-3-4/h3-5H2,1-2H3;3H,2H2,1H3. The summed E-state index contributed by atoms with van der Waals surface area (Å²) in [5.41, 5.74) is 0. The molecule has 4 heteroatoms. The van der Waals surface area contributed by atoms with E-state index >= 15 is 0 Å². The predicted molar refractivity (Wildman–Crippen MR) is 49.2 cm³/mol. The van der Waals surface area contributed by atoms with Crippen molar-refractivity contribution in [3.63, 3.8) is 0 Å². The molecule has 0 aliphatic heterocycles. The summed E-state index contributed by atoms with van der Waals surface area (Å²) >= 11 is 0. The van der Waals surface area contributed by atoms with Crippen LogP contribution in [0.5, 0.6) is 0 Å². The first-order valence-corrected chi connectivity index (χ1v) is 4.37. The lowest BCUT2D eigenvalue weighted by Gasteiger charge is -1.96. The lowest BCUT2D eigenvalue weighted by atomic mass is 10.4. The maximum absolute atomic E-state index is 10.1. The van der Waals surface area contributed by atoms with Gasteiger partial charge in [0.15, 0.2) is 0 Å². The molecule has 0 spiro atoms. The molecule has 0 amide bonds. The van der Waals surface area contributed by atoms with E-state index < -0.39 is 0 Å². The van der Waals surface area contributed by atoms with E-state index in [0.717, 1.165) is 12.8 Å². The molecular weight excluding hydrogens is 172 g/mol. The third kappa shape index (κ3) is 24.8. The SMILES string of the molecule is CCCCOC(C)=O.CCOC=O. The van der Waals surface area contributed by atoms with E-state index in [1.807, 2.05) is 0 Å². The van der Waals surface area contributed by atoms with Crippen LogP contribution in [0.2, 0.25) is 0 Å². The lowest BCUT2D eigenvalue weighted by Crippen LogP contribution is -1.99. The zero-order valence-corrected chi connectivity index (χ0v) is 8.54. The number of carbonyl (C=O) groups is 2. The Balaban J connectivity index is 0. The van der Waals surface area contributed by atoms with Gasteiger partial charge in [0.1, 0.15) is 0 Å². The van der Waals surface area contributed by atoms with Gasteiger partial charge in [-0.2, -0.15) is 0 Å². The molecule has 0 N–H and O–H groups in total. The third-order valence-electron chi connectivity index (χ3n) is 1.04. The molecular formula is C9H18O4. The van der Waals surface area contributed by atoms with Crippen LogP contribution in [0.15, 0.2) is 0 Å². The number of ether oxygens (including phenoxy) is 2. The van der Waals surface area contributed by atoms with Crippen molar-refractivity contribution in [2.45, 2.75) is 33.6 Å². The summed E-state index contributed by atoms with van der Waals surface area (Å²) in [6.07, 6.45) is 2.05. The number of esters is 1. The summed E-state index contributed by atoms with van der Waals surface area (Å²) < 4.78 is 8.80. The van der Waals surface area contributed by atoms with Gasteiger partial charge in [-0.1, -0.05) is 13.3 Å². The molecule has 0 bridgehead atoms. The number of hydrogen-bond donors (Lipinski definition) is 0. The first-order chi connectivity index (χ1) is 6.18. The number of carbonyl (C=O) groups excluding carboxylic acids is 2. The second-order valence-electron chi connectivity index (χ2n) is 2.25. The number of rotatable bonds is 5. The molecule has 0 saturated carbocycles. The predicted octanol–water partition coefficient (Wildman–Crippen LogP) is 1.53. The van der Waals surface area contributed by atoms with Crippen LogP contribution < -0.4 is 0 Å². The molecule has 0 aliphatic rings. The highest BCUT2D eigenvalue weighted by Crippen LogP contribution is 1.86. The van der Waals surface area contributed by atoms with Crippen molar-refractivity contribution in [3.05, 3.63) is 0 Å². The minimum absolute atomic E-state index is 0.182. The van der Waals surface area contributed by atoms with Crippen LogP contribution in [0.3, 0.4) is 0 Å². The van der Waals surface area contributed by atoms with Gasteiger partial charge in [-0.15, -0.1) is 0 Å². The fourth-order valence-corrected chi connectivity index (χ4v) is 0.428. The van der Waals surface area contributed by atoms with E-state index in [-0.39, 0.29) is 5.97 Å². The first-order valence-electron chi connectivity index (χ1n) is 4.37. The fraction of sp³-hybridized carbons (Fsp3) is 0.778. The van der Waals surface area contributed by atoms with E-state index in [9.17, 15) is 9.59 Å². The first kappa shape index (κ1) is 14.5. The molecule has 0 unspecified atom stereocenters. The largest absolute Gasteiger partial charge is 0.468 e. The molecule has 78 valence electrons. The lowest BCUT2D eigenvalue weighted by molar-refractivity contribution is -0.141. The van der Waals surface area contributed by atoms with Gasteiger partial charge in [-0.25, -0.2) is 0 Å². The monoisotopic (exact) mass is 190 g/mol. The minimum Gasteiger partial charge on any atom is -0.468 e. The molecule has 0 aromatic heterocycles. The van der Waals surface area contributed by atoms with Crippen LogP contribution in [0, 0.1) is 0 Å².